The number of ether oxygens (including phenoxy) is 1. The average molecular weight is 316 g/mol. The number of hydrogen-bond donors (Lipinski definition) is 1. The number of nitrogens with one attached hydrogen (secondary N) is 1. The lowest BCUT2D eigenvalue weighted by atomic mass is 9.80. The van der Waals surface area contributed by atoms with E-state index in [4.69, 9.17) is 4.74 Å². The smallest absolute Gasteiger partial charge is 0.0810 e. The van der Waals surface area contributed by atoms with Crippen LogP contribution in [-0.4, -0.2) is 49.3 Å². The second-order valence-electron chi connectivity index (χ2n) is 7.33. The Morgan fingerprint density at radius 3 is 2.61 bits per heavy atom. The third-order valence-corrected chi connectivity index (χ3v) is 5.90. The predicted molar refractivity (Wildman–Crippen MR) is 95.8 cm³/mol. The topological polar surface area (TPSA) is 24.5 Å². The molecule has 2 fully saturated rings. The van der Waals surface area contributed by atoms with Crippen molar-refractivity contribution in [2.24, 2.45) is 0 Å². The molecular formula is C20H32N2O. The average Bonchev–Trinajstić information content (AvgIpc) is 2.62. The van der Waals surface area contributed by atoms with Crippen LogP contribution in [0.15, 0.2) is 30.3 Å². The molecule has 3 heteroatoms. The zero-order valence-corrected chi connectivity index (χ0v) is 14.8. The van der Waals surface area contributed by atoms with Gasteiger partial charge in [-0.1, -0.05) is 37.3 Å². The zero-order valence-electron chi connectivity index (χ0n) is 14.8. The first-order valence-electron chi connectivity index (χ1n) is 9.34. The molecule has 1 atom stereocenters. The molecule has 3 rings (SSSR count). The molecule has 2 aliphatic rings. The summed E-state index contributed by atoms with van der Waals surface area (Å²) in [6, 6.07) is 12.2. The monoisotopic (exact) mass is 316 g/mol. The standard InChI is InChI=1S/C20H32N2O/c1-3-19-15-23-20(12-9-18(21-2)10-13-20)16-22(19)14-11-17-7-5-4-6-8-17/h4-8,18-19,21H,3,9-16H2,1-2H3. The Morgan fingerprint density at radius 2 is 1.96 bits per heavy atom. The molecule has 0 aromatic heterocycles. The highest BCUT2D eigenvalue weighted by molar-refractivity contribution is 5.15. The van der Waals surface area contributed by atoms with Crippen molar-refractivity contribution in [2.75, 3.05) is 26.7 Å². The highest BCUT2D eigenvalue weighted by atomic mass is 16.5. The van der Waals surface area contributed by atoms with Crippen molar-refractivity contribution in [1.82, 2.24) is 10.2 Å². The van der Waals surface area contributed by atoms with Crippen LogP contribution in [0.2, 0.25) is 0 Å². The minimum Gasteiger partial charge on any atom is -0.372 e. The first kappa shape index (κ1) is 16.9. The Balaban J connectivity index is 1.60. The Hall–Kier alpha value is -0.900. The van der Waals surface area contributed by atoms with Crippen molar-refractivity contribution in [2.45, 2.75) is 63.1 Å². The molecule has 0 bridgehead atoms. The summed E-state index contributed by atoms with van der Waals surface area (Å²) in [6.07, 6.45) is 7.24. The van der Waals surface area contributed by atoms with Gasteiger partial charge in [0.25, 0.3) is 0 Å². The lowest BCUT2D eigenvalue weighted by Crippen LogP contribution is -2.58. The SMILES string of the molecule is CCC1COC2(CCC(NC)CC2)CN1CCc1ccccc1. The van der Waals surface area contributed by atoms with Crippen molar-refractivity contribution in [1.29, 1.82) is 0 Å². The lowest BCUT2D eigenvalue weighted by molar-refractivity contribution is -0.152. The molecule has 1 aliphatic carbocycles. The summed E-state index contributed by atoms with van der Waals surface area (Å²) < 4.78 is 6.42. The quantitative estimate of drug-likeness (QED) is 0.902. The normalized spacial score (nSPS) is 32.3. The van der Waals surface area contributed by atoms with Crippen LogP contribution in [0.3, 0.4) is 0 Å². The maximum Gasteiger partial charge on any atom is 0.0810 e. The highest BCUT2D eigenvalue weighted by Crippen LogP contribution is 2.36. The molecule has 3 nitrogen and oxygen atoms in total. The van der Waals surface area contributed by atoms with Crippen LogP contribution in [-0.2, 0) is 11.2 Å². The summed E-state index contributed by atoms with van der Waals surface area (Å²) in [4.78, 5) is 2.70. The van der Waals surface area contributed by atoms with Gasteiger partial charge in [-0.25, -0.2) is 0 Å². The van der Waals surface area contributed by atoms with E-state index < -0.39 is 0 Å². The highest BCUT2D eigenvalue weighted by Gasteiger charge is 2.42. The number of morpholine rings is 1. The molecule has 1 aliphatic heterocycles. The molecule has 1 spiro atoms. The summed E-state index contributed by atoms with van der Waals surface area (Å²) in [7, 11) is 2.09. The third kappa shape index (κ3) is 4.14. The van der Waals surface area contributed by atoms with Crippen LogP contribution >= 0.6 is 0 Å². The summed E-state index contributed by atoms with van der Waals surface area (Å²) in [5, 5.41) is 3.43. The van der Waals surface area contributed by atoms with Gasteiger partial charge < -0.3 is 10.1 Å². The molecule has 128 valence electrons. The summed E-state index contributed by atoms with van der Waals surface area (Å²) in [5.41, 5.74) is 1.57. The van der Waals surface area contributed by atoms with Crippen LogP contribution in [0.5, 0.6) is 0 Å². The lowest BCUT2D eigenvalue weighted by Gasteiger charge is -2.49. The van der Waals surface area contributed by atoms with Crippen LogP contribution in [0, 0.1) is 0 Å². The Morgan fingerprint density at radius 1 is 1.22 bits per heavy atom. The van der Waals surface area contributed by atoms with Gasteiger partial charge in [0.05, 0.1) is 12.2 Å². The molecule has 1 unspecified atom stereocenters. The number of hydrogen-bond acceptors (Lipinski definition) is 3. The zero-order chi connectivity index (χ0) is 16.1. The van der Waals surface area contributed by atoms with E-state index in [-0.39, 0.29) is 5.60 Å². The Bertz CT molecular complexity index is 462. The molecule has 1 aromatic rings. The maximum atomic E-state index is 6.42. The van der Waals surface area contributed by atoms with E-state index in [0.29, 0.717) is 12.1 Å². The molecular weight excluding hydrogens is 284 g/mol. The predicted octanol–water partition coefficient (Wildman–Crippen LogP) is 3.24. The van der Waals surface area contributed by atoms with Gasteiger partial charge in [-0.2, -0.15) is 0 Å². The summed E-state index contributed by atoms with van der Waals surface area (Å²) in [5.74, 6) is 0. The van der Waals surface area contributed by atoms with Crippen molar-refractivity contribution < 1.29 is 4.74 Å². The molecule has 0 amide bonds. The molecule has 1 saturated carbocycles. The third-order valence-electron chi connectivity index (χ3n) is 5.90. The van der Waals surface area contributed by atoms with E-state index >= 15 is 0 Å². The van der Waals surface area contributed by atoms with E-state index in [2.05, 4.69) is 54.5 Å². The van der Waals surface area contributed by atoms with Gasteiger partial charge in [0.2, 0.25) is 0 Å². The minimum atomic E-state index is 0.121. The van der Waals surface area contributed by atoms with Gasteiger partial charge in [0.15, 0.2) is 0 Å². The number of nitrogens with zero attached hydrogens (tertiary/aromatic N) is 1. The van der Waals surface area contributed by atoms with Crippen LogP contribution in [0.4, 0.5) is 0 Å². The van der Waals surface area contributed by atoms with Gasteiger partial charge in [-0.15, -0.1) is 0 Å². The molecule has 1 heterocycles. The minimum absolute atomic E-state index is 0.121. The fourth-order valence-corrected chi connectivity index (χ4v) is 4.21. The van der Waals surface area contributed by atoms with E-state index in [9.17, 15) is 0 Å². The second kappa shape index (κ2) is 7.78. The molecule has 23 heavy (non-hydrogen) atoms. The van der Waals surface area contributed by atoms with E-state index in [1.54, 1.807) is 0 Å². The first-order chi connectivity index (χ1) is 11.2. The van der Waals surface area contributed by atoms with Crippen LogP contribution in [0.1, 0.15) is 44.6 Å². The number of benzene rings is 1. The van der Waals surface area contributed by atoms with Crippen LogP contribution < -0.4 is 5.32 Å². The molecule has 1 N–H and O–H groups in total. The van der Waals surface area contributed by atoms with E-state index in [0.717, 1.165) is 26.1 Å². The van der Waals surface area contributed by atoms with E-state index in [1.165, 1.54) is 37.7 Å². The maximum absolute atomic E-state index is 6.42. The van der Waals surface area contributed by atoms with Crippen molar-refractivity contribution in [3.05, 3.63) is 35.9 Å². The van der Waals surface area contributed by atoms with Gasteiger partial charge in [-0.05, 0) is 51.1 Å². The summed E-state index contributed by atoms with van der Waals surface area (Å²) in [6.45, 7) is 5.48. The van der Waals surface area contributed by atoms with Gasteiger partial charge in [-0.3, -0.25) is 4.90 Å². The fraction of sp³-hybridized carbons (Fsp3) is 0.700. The fourth-order valence-electron chi connectivity index (χ4n) is 4.21. The second-order valence-corrected chi connectivity index (χ2v) is 7.33. The van der Waals surface area contributed by atoms with Gasteiger partial charge >= 0.3 is 0 Å². The van der Waals surface area contributed by atoms with Crippen molar-refractivity contribution >= 4 is 0 Å². The van der Waals surface area contributed by atoms with Crippen molar-refractivity contribution in [3.8, 4) is 0 Å². The van der Waals surface area contributed by atoms with Gasteiger partial charge in [0.1, 0.15) is 0 Å². The molecule has 1 saturated heterocycles. The number of rotatable bonds is 5. The Kier molecular flexibility index (Phi) is 5.73. The van der Waals surface area contributed by atoms with Gasteiger partial charge in [0, 0.05) is 25.2 Å². The molecule has 0 radical (unpaired) electrons. The van der Waals surface area contributed by atoms with E-state index in [1.807, 2.05) is 0 Å². The van der Waals surface area contributed by atoms with Crippen LogP contribution in [0.25, 0.3) is 0 Å². The Labute approximate surface area is 141 Å². The summed E-state index contributed by atoms with van der Waals surface area (Å²) >= 11 is 0. The molecule has 1 aromatic carbocycles. The van der Waals surface area contributed by atoms with Crippen molar-refractivity contribution in [3.63, 3.8) is 0 Å². The first-order valence-corrected chi connectivity index (χ1v) is 9.34. The largest absolute Gasteiger partial charge is 0.372 e.